The summed E-state index contributed by atoms with van der Waals surface area (Å²) >= 11 is 0. The van der Waals surface area contributed by atoms with Crippen LogP contribution in [0.4, 0.5) is 5.82 Å². The number of pyridine rings is 1. The molecule has 0 amide bonds. The molecule has 1 atom stereocenters. The van der Waals surface area contributed by atoms with Crippen LogP contribution in [0.15, 0.2) is 23.2 Å². The molecule has 1 fully saturated rings. The third-order valence-corrected chi connectivity index (χ3v) is 6.21. The molecule has 0 spiro atoms. The molecule has 0 aromatic carbocycles. The highest BCUT2D eigenvalue weighted by Gasteiger charge is 2.29. The van der Waals surface area contributed by atoms with E-state index in [1.165, 1.54) is 18.3 Å². The SMILES string of the molecule is Nc1cc(S(=O)(=O)NCC2CCS(=O)(=O)C2)ccn1. The molecule has 1 aromatic heterocycles. The first kappa shape index (κ1) is 14.2. The molecule has 7 nitrogen and oxygen atoms in total. The van der Waals surface area contributed by atoms with Crippen molar-refractivity contribution >= 4 is 25.7 Å². The molecule has 1 aliphatic heterocycles. The van der Waals surface area contributed by atoms with Crippen molar-refractivity contribution in [1.29, 1.82) is 0 Å². The van der Waals surface area contributed by atoms with E-state index in [0.717, 1.165) is 0 Å². The first-order valence-corrected chi connectivity index (χ1v) is 9.00. The largest absolute Gasteiger partial charge is 0.384 e. The number of nitrogens with one attached hydrogen (secondary N) is 1. The summed E-state index contributed by atoms with van der Waals surface area (Å²) in [6.07, 6.45) is 1.80. The molecule has 1 aromatic rings. The van der Waals surface area contributed by atoms with Gasteiger partial charge in [0.2, 0.25) is 10.0 Å². The predicted molar refractivity (Wildman–Crippen MR) is 70.6 cm³/mol. The second-order valence-corrected chi connectivity index (χ2v) is 8.53. The maximum absolute atomic E-state index is 12.0. The van der Waals surface area contributed by atoms with E-state index in [-0.39, 0.29) is 34.7 Å². The lowest BCUT2D eigenvalue weighted by Gasteiger charge is -2.10. The van der Waals surface area contributed by atoms with Crippen molar-refractivity contribution < 1.29 is 16.8 Å². The van der Waals surface area contributed by atoms with Crippen molar-refractivity contribution in [2.45, 2.75) is 11.3 Å². The molecule has 19 heavy (non-hydrogen) atoms. The van der Waals surface area contributed by atoms with Crippen LogP contribution in [0.5, 0.6) is 0 Å². The summed E-state index contributed by atoms with van der Waals surface area (Å²) in [6.45, 7) is 0.115. The van der Waals surface area contributed by atoms with Gasteiger partial charge in [0.15, 0.2) is 9.84 Å². The minimum atomic E-state index is -3.67. The van der Waals surface area contributed by atoms with Crippen molar-refractivity contribution in [2.24, 2.45) is 5.92 Å². The monoisotopic (exact) mass is 305 g/mol. The van der Waals surface area contributed by atoms with Gasteiger partial charge in [0.25, 0.3) is 0 Å². The normalized spacial score (nSPS) is 22.4. The fourth-order valence-corrected chi connectivity index (χ4v) is 4.94. The highest BCUT2D eigenvalue weighted by atomic mass is 32.2. The number of sulfonamides is 1. The van der Waals surface area contributed by atoms with Crippen molar-refractivity contribution in [3.63, 3.8) is 0 Å². The Morgan fingerprint density at radius 1 is 1.47 bits per heavy atom. The van der Waals surface area contributed by atoms with E-state index in [0.29, 0.717) is 6.42 Å². The summed E-state index contributed by atoms with van der Waals surface area (Å²) in [6, 6.07) is 2.60. The number of hydrogen-bond acceptors (Lipinski definition) is 6. The minimum absolute atomic E-state index is 0.0286. The van der Waals surface area contributed by atoms with E-state index in [4.69, 9.17) is 5.73 Å². The Morgan fingerprint density at radius 2 is 2.21 bits per heavy atom. The zero-order valence-corrected chi connectivity index (χ0v) is 11.7. The molecule has 1 unspecified atom stereocenters. The van der Waals surface area contributed by atoms with Crippen LogP contribution in [-0.4, -0.2) is 39.9 Å². The molecule has 1 saturated heterocycles. The number of sulfone groups is 1. The lowest BCUT2D eigenvalue weighted by molar-refractivity contribution is 0.543. The summed E-state index contributed by atoms with van der Waals surface area (Å²) in [5, 5.41) is 0. The average Bonchev–Trinajstić information content (AvgIpc) is 2.67. The van der Waals surface area contributed by atoms with Crippen LogP contribution in [0, 0.1) is 5.92 Å². The molecule has 0 aliphatic carbocycles. The summed E-state index contributed by atoms with van der Waals surface area (Å²) in [5.41, 5.74) is 5.43. The number of anilines is 1. The number of aromatic nitrogens is 1. The van der Waals surface area contributed by atoms with Gasteiger partial charge in [-0.25, -0.2) is 26.5 Å². The number of rotatable bonds is 4. The number of hydrogen-bond donors (Lipinski definition) is 2. The second kappa shape index (κ2) is 5.06. The zero-order chi connectivity index (χ0) is 14.1. The molecule has 0 radical (unpaired) electrons. The summed E-state index contributed by atoms with van der Waals surface area (Å²) in [4.78, 5) is 3.74. The first-order valence-electron chi connectivity index (χ1n) is 5.70. The van der Waals surface area contributed by atoms with Gasteiger partial charge in [-0.2, -0.15) is 0 Å². The zero-order valence-electron chi connectivity index (χ0n) is 10.1. The second-order valence-electron chi connectivity index (χ2n) is 4.54. The van der Waals surface area contributed by atoms with Crippen LogP contribution >= 0.6 is 0 Å². The predicted octanol–water partition coefficient (Wildman–Crippen LogP) is -0.623. The van der Waals surface area contributed by atoms with Gasteiger partial charge >= 0.3 is 0 Å². The van der Waals surface area contributed by atoms with Gasteiger partial charge in [0.05, 0.1) is 16.4 Å². The van der Waals surface area contributed by atoms with E-state index >= 15 is 0 Å². The Hall–Kier alpha value is -1.19. The molecule has 0 bridgehead atoms. The Labute approximate surface area is 112 Å². The number of nitrogens with zero attached hydrogens (tertiary/aromatic N) is 1. The van der Waals surface area contributed by atoms with E-state index in [2.05, 4.69) is 9.71 Å². The fourth-order valence-electron chi connectivity index (χ4n) is 1.94. The Balaban J connectivity index is 2.03. The number of nitrogens with two attached hydrogens (primary N) is 1. The highest BCUT2D eigenvalue weighted by molar-refractivity contribution is 7.91. The molecule has 3 N–H and O–H groups in total. The molecule has 1 aliphatic rings. The lowest BCUT2D eigenvalue weighted by Crippen LogP contribution is -2.30. The molecule has 106 valence electrons. The standard InChI is InChI=1S/C10H15N3O4S2/c11-10-5-9(1-3-12-10)19(16,17)13-6-8-2-4-18(14,15)7-8/h1,3,5,8,13H,2,4,6-7H2,(H2,11,12). The van der Waals surface area contributed by atoms with Crippen molar-refractivity contribution in [3.05, 3.63) is 18.3 Å². The van der Waals surface area contributed by atoms with E-state index in [9.17, 15) is 16.8 Å². The van der Waals surface area contributed by atoms with Gasteiger partial charge in [0, 0.05) is 18.8 Å². The lowest BCUT2D eigenvalue weighted by atomic mass is 10.1. The van der Waals surface area contributed by atoms with Gasteiger partial charge in [-0.15, -0.1) is 0 Å². The van der Waals surface area contributed by atoms with Gasteiger partial charge in [-0.1, -0.05) is 0 Å². The molecular formula is C10H15N3O4S2. The number of nitrogen functional groups attached to an aromatic ring is 1. The maximum Gasteiger partial charge on any atom is 0.240 e. The first-order chi connectivity index (χ1) is 8.78. The third kappa shape index (κ3) is 3.64. The van der Waals surface area contributed by atoms with Crippen LogP contribution in [0.3, 0.4) is 0 Å². The smallest absolute Gasteiger partial charge is 0.240 e. The fraction of sp³-hybridized carbons (Fsp3) is 0.500. The minimum Gasteiger partial charge on any atom is -0.384 e. The van der Waals surface area contributed by atoms with E-state index in [1.54, 1.807) is 0 Å². The Bertz CT molecular complexity index is 670. The van der Waals surface area contributed by atoms with Crippen LogP contribution in [0.25, 0.3) is 0 Å². The van der Waals surface area contributed by atoms with Crippen LogP contribution in [-0.2, 0) is 19.9 Å². The Kier molecular flexibility index (Phi) is 3.79. The molecule has 2 rings (SSSR count). The molecule has 2 heterocycles. The van der Waals surface area contributed by atoms with Crippen molar-refractivity contribution in [1.82, 2.24) is 9.71 Å². The highest BCUT2D eigenvalue weighted by Crippen LogP contribution is 2.18. The summed E-state index contributed by atoms with van der Waals surface area (Å²) in [5.74, 6) is 0.112. The summed E-state index contributed by atoms with van der Waals surface area (Å²) in [7, 11) is -6.67. The topological polar surface area (TPSA) is 119 Å². The molecule has 9 heteroatoms. The summed E-state index contributed by atoms with van der Waals surface area (Å²) < 4.78 is 48.9. The van der Waals surface area contributed by atoms with Crippen molar-refractivity contribution in [2.75, 3.05) is 23.8 Å². The van der Waals surface area contributed by atoms with Gasteiger partial charge in [0.1, 0.15) is 5.82 Å². The molecular weight excluding hydrogens is 290 g/mol. The Morgan fingerprint density at radius 3 is 2.79 bits per heavy atom. The van der Waals surface area contributed by atoms with E-state index in [1.807, 2.05) is 0 Å². The third-order valence-electron chi connectivity index (χ3n) is 2.95. The van der Waals surface area contributed by atoms with Crippen LogP contribution < -0.4 is 10.5 Å². The average molecular weight is 305 g/mol. The van der Waals surface area contributed by atoms with Crippen LogP contribution in [0.2, 0.25) is 0 Å². The van der Waals surface area contributed by atoms with E-state index < -0.39 is 19.9 Å². The van der Waals surface area contributed by atoms with Gasteiger partial charge in [-0.3, -0.25) is 0 Å². The van der Waals surface area contributed by atoms with Gasteiger partial charge < -0.3 is 5.73 Å². The quantitative estimate of drug-likeness (QED) is 0.765. The molecule has 0 saturated carbocycles. The van der Waals surface area contributed by atoms with Crippen molar-refractivity contribution in [3.8, 4) is 0 Å². The maximum atomic E-state index is 12.0. The van der Waals surface area contributed by atoms with Crippen LogP contribution in [0.1, 0.15) is 6.42 Å². The van der Waals surface area contributed by atoms with Gasteiger partial charge in [-0.05, 0) is 18.4 Å².